The summed E-state index contributed by atoms with van der Waals surface area (Å²) in [5, 5.41) is 3.60. The lowest BCUT2D eigenvalue weighted by Gasteiger charge is -2.39. The lowest BCUT2D eigenvalue weighted by atomic mass is 10.0. The van der Waals surface area contributed by atoms with E-state index >= 15 is 0 Å². The van der Waals surface area contributed by atoms with E-state index in [1.54, 1.807) is 0 Å². The molecule has 2 nitrogen and oxygen atoms in total. The molecule has 2 aromatic rings. The zero-order valence-corrected chi connectivity index (χ0v) is 14.0. The van der Waals surface area contributed by atoms with Gasteiger partial charge in [-0.15, -0.1) is 11.3 Å². The third-order valence-corrected chi connectivity index (χ3v) is 5.39. The van der Waals surface area contributed by atoms with Gasteiger partial charge in [-0.25, -0.2) is 0 Å². The summed E-state index contributed by atoms with van der Waals surface area (Å²) in [5.74, 6) is 0. The van der Waals surface area contributed by atoms with Crippen LogP contribution in [-0.2, 0) is 6.54 Å². The second-order valence-corrected chi connectivity index (χ2v) is 7.92. The molecule has 2 unspecified atom stereocenters. The Bertz CT molecular complexity index is 555. The molecule has 4 heteroatoms. The fraction of sp³-hybridized carbons (Fsp3) is 0.375. The van der Waals surface area contributed by atoms with E-state index in [-0.39, 0.29) is 0 Å². The van der Waals surface area contributed by atoms with Crippen LogP contribution in [-0.4, -0.2) is 24.0 Å². The van der Waals surface area contributed by atoms with Crippen molar-refractivity contribution in [2.45, 2.75) is 25.6 Å². The van der Waals surface area contributed by atoms with Gasteiger partial charge in [0, 0.05) is 36.6 Å². The number of thiophene rings is 1. The molecule has 0 radical (unpaired) electrons. The van der Waals surface area contributed by atoms with Gasteiger partial charge in [0.05, 0.1) is 3.79 Å². The number of hydrogen-bond acceptors (Lipinski definition) is 3. The van der Waals surface area contributed by atoms with Gasteiger partial charge in [0.2, 0.25) is 0 Å². The van der Waals surface area contributed by atoms with Gasteiger partial charge in [-0.1, -0.05) is 30.3 Å². The zero-order valence-electron chi connectivity index (χ0n) is 11.6. The van der Waals surface area contributed by atoms with Crippen molar-refractivity contribution in [1.29, 1.82) is 0 Å². The maximum atomic E-state index is 3.60. The Morgan fingerprint density at radius 3 is 2.75 bits per heavy atom. The van der Waals surface area contributed by atoms with Crippen LogP contribution in [0.3, 0.4) is 0 Å². The van der Waals surface area contributed by atoms with E-state index in [2.05, 4.69) is 75.5 Å². The van der Waals surface area contributed by atoms with E-state index in [9.17, 15) is 0 Å². The SMILES string of the molecule is CC1CN(Cc2ccc(Br)s2)C(c2ccccc2)CN1. The summed E-state index contributed by atoms with van der Waals surface area (Å²) in [5.41, 5.74) is 1.41. The minimum absolute atomic E-state index is 0.466. The molecule has 2 atom stereocenters. The Balaban J connectivity index is 1.80. The topological polar surface area (TPSA) is 15.3 Å². The molecular formula is C16H19BrN2S. The molecule has 1 aliphatic rings. The molecule has 0 amide bonds. The van der Waals surface area contributed by atoms with Crippen molar-refractivity contribution in [2.24, 2.45) is 0 Å². The fourth-order valence-corrected chi connectivity index (χ4v) is 4.31. The molecule has 1 aliphatic heterocycles. The quantitative estimate of drug-likeness (QED) is 0.898. The van der Waals surface area contributed by atoms with Crippen molar-refractivity contribution < 1.29 is 0 Å². The summed E-state index contributed by atoms with van der Waals surface area (Å²) < 4.78 is 1.21. The Labute approximate surface area is 132 Å². The first-order chi connectivity index (χ1) is 9.72. The van der Waals surface area contributed by atoms with Crippen molar-refractivity contribution in [3.63, 3.8) is 0 Å². The summed E-state index contributed by atoms with van der Waals surface area (Å²) in [4.78, 5) is 4.02. The molecule has 106 valence electrons. The van der Waals surface area contributed by atoms with Crippen LogP contribution >= 0.6 is 27.3 Å². The van der Waals surface area contributed by atoms with E-state index in [1.165, 1.54) is 14.2 Å². The molecular weight excluding hydrogens is 332 g/mol. The lowest BCUT2D eigenvalue weighted by Crippen LogP contribution is -2.50. The van der Waals surface area contributed by atoms with Crippen LogP contribution in [0.15, 0.2) is 46.3 Å². The molecule has 2 heterocycles. The molecule has 1 aromatic heterocycles. The number of nitrogens with one attached hydrogen (secondary N) is 1. The average molecular weight is 351 g/mol. The number of nitrogens with zero attached hydrogens (tertiary/aromatic N) is 1. The Kier molecular flexibility index (Phi) is 4.56. The van der Waals surface area contributed by atoms with Gasteiger partial charge in [0.1, 0.15) is 0 Å². The number of piperazine rings is 1. The standard InChI is InChI=1S/C16H19BrN2S/c1-12-10-19(11-14-7-8-16(17)20-14)15(9-18-12)13-5-3-2-4-6-13/h2-8,12,15,18H,9-11H2,1H3. The van der Waals surface area contributed by atoms with Crippen molar-refractivity contribution in [3.05, 3.63) is 56.7 Å². The van der Waals surface area contributed by atoms with Gasteiger partial charge in [-0.2, -0.15) is 0 Å². The highest BCUT2D eigenvalue weighted by Gasteiger charge is 2.27. The van der Waals surface area contributed by atoms with Crippen LogP contribution in [0.4, 0.5) is 0 Å². The second-order valence-electron chi connectivity index (χ2n) is 5.37. The molecule has 1 saturated heterocycles. The summed E-state index contributed by atoms with van der Waals surface area (Å²) in [6.07, 6.45) is 0. The predicted octanol–water partition coefficient (Wildman–Crippen LogP) is 4.05. The molecule has 0 saturated carbocycles. The zero-order chi connectivity index (χ0) is 13.9. The first-order valence-electron chi connectivity index (χ1n) is 6.99. The van der Waals surface area contributed by atoms with Gasteiger partial charge in [0.25, 0.3) is 0 Å². The number of benzene rings is 1. The van der Waals surface area contributed by atoms with E-state index < -0.39 is 0 Å². The summed E-state index contributed by atoms with van der Waals surface area (Å²) >= 11 is 5.39. The van der Waals surface area contributed by atoms with Gasteiger partial charge >= 0.3 is 0 Å². The van der Waals surface area contributed by atoms with Crippen LogP contribution < -0.4 is 5.32 Å². The normalized spacial score (nSPS) is 23.9. The molecule has 1 aromatic carbocycles. The summed E-state index contributed by atoms with van der Waals surface area (Å²) in [7, 11) is 0. The van der Waals surface area contributed by atoms with E-state index in [0.717, 1.165) is 19.6 Å². The highest BCUT2D eigenvalue weighted by Crippen LogP contribution is 2.29. The number of halogens is 1. The van der Waals surface area contributed by atoms with Crippen LogP contribution in [0.2, 0.25) is 0 Å². The van der Waals surface area contributed by atoms with E-state index in [1.807, 2.05) is 11.3 Å². The molecule has 0 spiro atoms. The first kappa shape index (κ1) is 14.3. The number of rotatable bonds is 3. The van der Waals surface area contributed by atoms with Crippen LogP contribution in [0.5, 0.6) is 0 Å². The third-order valence-electron chi connectivity index (χ3n) is 3.78. The molecule has 0 bridgehead atoms. The molecule has 3 rings (SSSR count). The molecule has 1 fully saturated rings. The Morgan fingerprint density at radius 2 is 2.05 bits per heavy atom. The van der Waals surface area contributed by atoms with Crippen molar-refractivity contribution in [1.82, 2.24) is 10.2 Å². The maximum Gasteiger partial charge on any atom is 0.0701 e. The molecule has 1 N–H and O–H groups in total. The highest BCUT2D eigenvalue weighted by atomic mass is 79.9. The third kappa shape index (κ3) is 3.31. The van der Waals surface area contributed by atoms with Crippen LogP contribution in [0.1, 0.15) is 23.4 Å². The summed E-state index contributed by atoms with van der Waals surface area (Å²) in [6, 6.07) is 16.2. The smallest absolute Gasteiger partial charge is 0.0701 e. The second kappa shape index (κ2) is 6.39. The lowest BCUT2D eigenvalue weighted by molar-refractivity contribution is 0.129. The van der Waals surface area contributed by atoms with Crippen LogP contribution in [0.25, 0.3) is 0 Å². The Hall–Kier alpha value is -0.680. The van der Waals surface area contributed by atoms with Gasteiger partial charge in [-0.05, 0) is 40.5 Å². The average Bonchev–Trinajstić information content (AvgIpc) is 2.85. The molecule has 20 heavy (non-hydrogen) atoms. The van der Waals surface area contributed by atoms with Crippen LogP contribution in [0, 0.1) is 0 Å². The first-order valence-corrected chi connectivity index (χ1v) is 8.60. The van der Waals surface area contributed by atoms with Gasteiger partial charge in [0.15, 0.2) is 0 Å². The van der Waals surface area contributed by atoms with Gasteiger partial charge < -0.3 is 5.32 Å². The monoisotopic (exact) mass is 350 g/mol. The minimum Gasteiger partial charge on any atom is -0.311 e. The Morgan fingerprint density at radius 1 is 1.25 bits per heavy atom. The van der Waals surface area contributed by atoms with Crippen molar-refractivity contribution in [2.75, 3.05) is 13.1 Å². The number of hydrogen-bond donors (Lipinski definition) is 1. The minimum atomic E-state index is 0.466. The molecule has 0 aliphatic carbocycles. The van der Waals surface area contributed by atoms with E-state index in [0.29, 0.717) is 12.1 Å². The largest absolute Gasteiger partial charge is 0.311 e. The highest BCUT2D eigenvalue weighted by molar-refractivity contribution is 9.11. The summed E-state index contributed by atoms with van der Waals surface area (Å²) in [6.45, 7) is 5.41. The fourth-order valence-electron chi connectivity index (χ4n) is 2.80. The van der Waals surface area contributed by atoms with Gasteiger partial charge in [-0.3, -0.25) is 4.90 Å². The van der Waals surface area contributed by atoms with Crippen molar-refractivity contribution >= 4 is 27.3 Å². The van der Waals surface area contributed by atoms with E-state index in [4.69, 9.17) is 0 Å². The van der Waals surface area contributed by atoms with Crippen molar-refractivity contribution in [3.8, 4) is 0 Å². The maximum absolute atomic E-state index is 3.60. The predicted molar refractivity (Wildman–Crippen MR) is 89.1 cm³/mol.